The molecule has 3 rings (SSSR count). The van der Waals surface area contributed by atoms with Crippen molar-refractivity contribution in [2.45, 2.75) is 45.6 Å². The molecule has 1 aliphatic rings. The molecular formula is C25H31NO3. The van der Waals surface area contributed by atoms with Crippen molar-refractivity contribution >= 4 is 11.7 Å². The molecule has 4 heteroatoms. The van der Waals surface area contributed by atoms with E-state index < -0.39 is 5.60 Å². The highest BCUT2D eigenvalue weighted by atomic mass is 16.5. The number of carbonyl (C=O) groups excluding carboxylic acids is 1. The first kappa shape index (κ1) is 21.1. The zero-order valence-corrected chi connectivity index (χ0v) is 17.6. The average Bonchev–Trinajstić information content (AvgIpc) is 2.74. The molecule has 4 nitrogen and oxygen atoms in total. The lowest BCUT2D eigenvalue weighted by molar-refractivity contribution is -0.151. The fourth-order valence-electron chi connectivity index (χ4n) is 3.90. The molecule has 2 aromatic carbocycles. The van der Waals surface area contributed by atoms with Gasteiger partial charge in [0.05, 0.1) is 0 Å². The molecule has 1 aliphatic heterocycles. The maximum absolute atomic E-state index is 13.0. The minimum absolute atomic E-state index is 0.00583. The number of carbonyl (C=O) groups is 1. The predicted octanol–water partition coefficient (Wildman–Crippen LogP) is 4.73. The van der Waals surface area contributed by atoms with E-state index in [0.29, 0.717) is 18.7 Å². The van der Waals surface area contributed by atoms with Crippen molar-refractivity contribution in [3.8, 4) is 0 Å². The minimum atomic E-state index is -1.17. The van der Waals surface area contributed by atoms with E-state index in [-0.39, 0.29) is 18.5 Å². The number of ether oxygens (including phenoxy) is 1. The number of anilines is 1. The summed E-state index contributed by atoms with van der Waals surface area (Å²) in [6.45, 7) is 6.73. The first-order chi connectivity index (χ1) is 14.0. The number of para-hydroxylation sites is 1. The molecule has 0 fully saturated rings. The normalized spacial score (nSPS) is 19.4. The maximum Gasteiger partial charge on any atom is 0.355 e. The molecular weight excluding hydrogens is 362 g/mol. The van der Waals surface area contributed by atoms with Crippen LogP contribution in [0.15, 0.2) is 71.9 Å². The van der Waals surface area contributed by atoms with Gasteiger partial charge in [0.15, 0.2) is 0 Å². The largest absolute Gasteiger partial charge is 0.458 e. The highest BCUT2D eigenvalue weighted by Crippen LogP contribution is 2.38. The van der Waals surface area contributed by atoms with Crippen LogP contribution >= 0.6 is 0 Å². The van der Waals surface area contributed by atoms with E-state index in [2.05, 4.69) is 19.1 Å². The summed E-state index contributed by atoms with van der Waals surface area (Å²) in [5, 5.41) is 11.6. The molecule has 1 atom stereocenters. The second kappa shape index (κ2) is 9.27. The number of esters is 1. The minimum Gasteiger partial charge on any atom is -0.458 e. The SMILES string of the molecule is CCCN(C1=C(CCc2ccccc2)[C@@](O)(C(C)C)COC1=O)c1ccccc1. The van der Waals surface area contributed by atoms with Crippen LogP contribution in [0, 0.1) is 5.92 Å². The molecule has 0 spiro atoms. The number of nitrogens with zero attached hydrogens (tertiary/aromatic N) is 1. The first-order valence-electron chi connectivity index (χ1n) is 10.5. The Morgan fingerprint density at radius 3 is 2.24 bits per heavy atom. The van der Waals surface area contributed by atoms with E-state index in [1.807, 2.05) is 67.3 Å². The summed E-state index contributed by atoms with van der Waals surface area (Å²) in [5.74, 6) is -0.425. The summed E-state index contributed by atoms with van der Waals surface area (Å²) in [5.41, 5.74) is 2.23. The molecule has 0 amide bonds. The molecule has 29 heavy (non-hydrogen) atoms. The second-order valence-corrected chi connectivity index (χ2v) is 7.96. The van der Waals surface area contributed by atoms with Gasteiger partial charge < -0.3 is 14.7 Å². The number of rotatable bonds is 8. The first-order valence-corrected chi connectivity index (χ1v) is 10.5. The van der Waals surface area contributed by atoms with Crippen LogP contribution in [0.5, 0.6) is 0 Å². The monoisotopic (exact) mass is 393 g/mol. The van der Waals surface area contributed by atoms with Gasteiger partial charge in [0.2, 0.25) is 0 Å². The molecule has 1 heterocycles. The molecule has 0 aromatic heterocycles. The lowest BCUT2D eigenvalue weighted by atomic mass is 9.78. The van der Waals surface area contributed by atoms with Crippen LogP contribution in [0.1, 0.15) is 39.2 Å². The fourth-order valence-corrected chi connectivity index (χ4v) is 3.90. The van der Waals surface area contributed by atoms with Crippen LogP contribution < -0.4 is 4.90 Å². The van der Waals surface area contributed by atoms with Gasteiger partial charge in [-0.15, -0.1) is 0 Å². The van der Waals surface area contributed by atoms with Gasteiger partial charge in [0, 0.05) is 12.2 Å². The number of benzene rings is 2. The number of aliphatic hydroxyl groups is 1. The Balaban J connectivity index is 2.10. The van der Waals surface area contributed by atoms with Crippen molar-refractivity contribution in [3.63, 3.8) is 0 Å². The number of cyclic esters (lactones) is 1. The quantitative estimate of drug-likeness (QED) is 0.659. The van der Waals surface area contributed by atoms with E-state index in [1.165, 1.54) is 5.56 Å². The van der Waals surface area contributed by atoms with E-state index in [1.54, 1.807) is 0 Å². The van der Waals surface area contributed by atoms with Crippen molar-refractivity contribution in [3.05, 3.63) is 77.5 Å². The number of aryl methyl sites for hydroxylation is 1. The standard InChI is InChI=1S/C25H31NO3/c1-4-17-26(21-13-9-6-10-14-21)23-22(16-15-20-11-7-5-8-12-20)25(28,19(2)3)18-29-24(23)27/h5-14,19,28H,4,15-18H2,1-3H3/t25-/m0/s1. The van der Waals surface area contributed by atoms with E-state index >= 15 is 0 Å². The van der Waals surface area contributed by atoms with E-state index in [4.69, 9.17) is 4.74 Å². The molecule has 0 saturated carbocycles. The van der Waals surface area contributed by atoms with Gasteiger partial charge in [-0.2, -0.15) is 0 Å². The molecule has 1 N–H and O–H groups in total. The van der Waals surface area contributed by atoms with Gasteiger partial charge in [-0.05, 0) is 48.4 Å². The van der Waals surface area contributed by atoms with Crippen molar-refractivity contribution in [1.29, 1.82) is 0 Å². The zero-order chi connectivity index (χ0) is 20.9. The van der Waals surface area contributed by atoms with E-state index in [9.17, 15) is 9.90 Å². The summed E-state index contributed by atoms with van der Waals surface area (Å²) in [6.07, 6.45) is 2.24. The molecule has 0 bridgehead atoms. The molecule has 0 saturated heterocycles. The third kappa shape index (κ3) is 4.54. The van der Waals surface area contributed by atoms with Crippen LogP contribution in [0.25, 0.3) is 0 Å². The Hall–Kier alpha value is -2.59. The second-order valence-electron chi connectivity index (χ2n) is 7.96. The van der Waals surface area contributed by atoms with E-state index in [0.717, 1.165) is 24.1 Å². The smallest absolute Gasteiger partial charge is 0.355 e. The Morgan fingerprint density at radius 2 is 1.66 bits per heavy atom. The van der Waals surface area contributed by atoms with Gasteiger partial charge in [-0.3, -0.25) is 0 Å². The number of hydrogen-bond donors (Lipinski definition) is 1. The van der Waals surface area contributed by atoms with Crippen LogP contribution in [-0.4, -0.2) is 29.8 Å². The van der Waals surface area contributed by atoms with Crippen LogP contribution in [0.4, 0.5) is 5.69 Å². The molecule has 2 aromatic rings. The summed E-state index contributed by atoms with van der Waals surface area (Å²) < 4.78 is 5.51. The highest BCUT2D eigenvalue weighted by Gasteiger charge is 2.45. The summed E-state index contributed by atoms with van der Waals surface area (Å²) in [4.78, 5) is 15.0. The number of hydrogen-bond acceptors (Lipinski definition) is 4. The topological polar surface area (TPSA) is 49.8 Å². The third-order valence-electron chi connectivity index (χ3n) is 5.67. The Kier molecular flexibility index (Phi) is 6.75. The van der Waals surface area contributed by atoms with Crippen molar-refractivity contribution in [2.24, 2.45) is 5.92 Å². The van der Waals surface area contributed by atoms with Gasteiger partial charge in [0.25, 0.3) is 0 Å². The highest BCUT2D eigenvalue weighted by molar-refractivity contribution is 5.95. The Morgan fingerprint density at radius 1 is 1.03 bits per heavy atom. The summed E-state index contributed by atoms with van der Waals surface area (Å²) >= 11 is 0. The lowest BCUT2D eigenvalue weighted by Crippen LogP contribution is -2.50. The lowest BCUT2D eigenvalue weighted by Gasteiger charge is -2.41. The maximum atomic E-state index is 13.0. The fraction of sp³-hybridized carbons (Fsp3) is 0.400. The molecule has 0 aliphatic carbocycles. The predicted molar refractivity (Wildman–Crippen MR) is 117 cm³/mol. The van der Waals surface area contributed by atoms with Gasteiger partial charge in [-0.25, -0.2) is 4.79 Å². The van der Waals surface area contributed by atoms with Crippen molar-refractivity contribution in [1.82, 2.24) is 0 Å². The molecule has 154 valence electrons. The summed E-state index contributed by atoms with van der Waals surface area (Å²) in [6, 6.07) is 20.1. The zero-order valence-electron chi connectivity index (χ0n) is 17.6. The van der Waals surface area contributed by atoms with Gasteiger partial charge in [0.1, 0.15) is 17.9 Å². The Labute approximate surface area is 173 Å². The third-order valence-corrected chi connectivity index (χ3v) is 5.67. The van der Waals surface area contributed by atoms with Gasteiger partial charge >= 0.3 is 5.97 Å². The average molecular weight is 394 g/mol. The molecule has 0 radical (unpaired) electrons. The summed E-state index contributed by atoms with van der Waals surface area (Å²) in [7, 11) is 0. The van der Waals surface area contributed by atoms with Crippen LogP contribution in [0.3, 0.4) is 0 Å². The Bertz CT molecular complexity index is 845. The van der Waals surface area contributed by atoms with Crippen LogP contribution in [-0.2, 0) is 16.0 Å². The van der Waals surface area contributed by atoms with Crippen molar-refractivity contribution in [2.75, 3.05) is 18.1 Å². The van der Waals surface area contributed by atoms with Crippen LogP contribution in [0.2, 0.25) is 0 Å². The van der Waals surface area contributed by atoms with Crippen molar-refractivity contribution < 1.29 is 14.6 Å². The molecule has 0 unspecified atom stereocenters. The van der Waals surface area contributed by atoms with Gasteiger partial charge in [-0.1, -0.05) is 69.3 Å².